The smallest absolute Gasteiger partial charge is 0.286 e. The van der Waals surface area contributed by atoms with Gasteiger partial charge in [-0.2, -0.15) is 18.1 Å². The molecule has 0 fully saturated rings. The van der Waals surface area contributed by atoms with Crippen LogP contribution in [0.2, 0.25) is 0 Å². The van der Waals surface area contributed by atoms with Gasteiger partial charge in [0.25, 0.3) is 15.9 Å². The van der Waals surface area contributed by atoms with Gasteiger partial charge in [-0.3, -0.25) is 4.79 Å². The van der Waals surface area contributed by atoms with Crippen molar-refractivity contribution in [3.63, 3.8) is 0 Å². The van der Waals surface area contributed by atoms with E-state index in [-0.39, 0.29) is 34.2 Å². The number of benzene rings is 1. The summed E-state index contributed by atoms with van der Waals surface area (Å²) in [7, 11) is -2.80. The Labute approximate surface area is 179 Å². The Balaban J connectivity index is 2.50. The molecule has 0 aliphatic rings. The molecular weight excluding hydrogens is 427 g/mol. The molecule has 2 aromatic rings. The summed E-state index contributed by atoms with van der Waals surface area (Å²) < 4.78 is 48.2. The van der Waals surface area contributed by atoms with Crippen LogP contribution in [0.3, 0.4) is 0 Å². The van der Waals surface area contributed by atoms with E-state index in [0.29, 0.717) is 0 Å². The minimum atomic E-state index is -4.22. The number of carbonyl (C=O) groups excluding carboxylic acids is 1. The van der Waals surface area contributed by atoms with Crippen LogP contribution in [0.25, 0.3) is 0 Å². The van der Waals surface area contributed by atoms with E-state index < -0.39 is 33.8 Å². The first-order chi connectivity index (χ1) is 14.5. The van der Waals surface area contributed by atoms with E-state index in [1.54, 1.807) is 6.07 Å². The van der Waals surface area contributed by atoms with Crippen molar-refractivity contribution in [2.24, 2.45) is 17.4 Å². The lowest BCUT2D eigenvalue weighted by atomic mass is 10.1. The third-order valence-corrected chi connectivity index (χ3v) is 5.64. The summed E-state index contributed by atoms with van der Waals surface area (Å²) in [5.74, 6) is -2.35. The number of aromatic nitrogens is 1. The number of amides is 1. The van der Waals surface area contributed by atoms with Crippen LogP contribution in [0, 0.1) is 23.1 Å². The van der Waals surface area contributed by atoms with E-state index in [9.17, 15) is 22.7 Å². The summed E-state index contributed by atoms with van der Waals surface area (Å²) in [6.45, 7) is 7.98. The predicted octanol–water partition coefficient (Wildman–Crippen LogP) is 2.24. The zero-order valence-corrected chi connectivity index (χ0v) is 17.7. The van der Waals surface area contributed by atoms with Crippen LogP contribution >= 0.6 is 0 Å². The van der Waals surface area contributed by atoms with Gasteiger partial charge in [0.15, 0.2) is 11.4 Å². The van der Waals surface area contributed by atoms with Crippen LogP contribution in [0.4, 0.5) is 10.1 Å². The minimum Gasteiger partial charge on any atom is -0.489 e. The minimum absolute atomic E-state index is 0.120. The summed E-state index contributed by atoms with van der Waals surface area (Å²) >= 11 is 0. The first kappa shape index (κ1) is 23.8. The Bertz CT molecular complexity index is 1160. The lowest BCUT2D eigenvalue weighted by Gasteiger charge is -2.17. The van der Waals surface area contributed by atoms with Crippen molar-refractivity contribution in [2.45, 2.75) is 17.9 Å². The maximum atomic E-state index is 13.5. The Morgan fingerprint density at radius 1 is 1.52 bits per heavy atom. The number of nitrogens with one attached hydrogen (secondary N) is 1. The van der Waals surface area contributed by atoms with Crippen LogP contribution < -0.4 is 10.1 Å². The van der Waals surface area contributed by atoms with E-state index in [1.807, 2.05) is 0 Å². The third kappa shape index (κ3) is 5.17. The Morgan fingerprint density at radius 3 is 2.74 bits per heavy atom. The number of nitriles is 1. The number of carbonyl (C=O) groups is 1. The number of ether oxygens (including phenoxy) is 1. The summed E-state index contributed by atoms with van der Waals surface area (Å²) in [6.07, 6.45) is 1.75. The fourth-order valence-electron chi connectivity index (χ4n) is 2.69. The maximum Gasteiger partial charge on any atom is 0.286 e. The summed E-state index contributed by atoms with van der Waals surface area (Å²) in [5, 5.41) is 21.2. The molecule has 0 saturated heterocycles. The van der Waals surface area contributed by atoms with Crippen LogP contribution in [-0.2, 0) is 17.1 Å². The van der Waals surface area contributed by atoms with Crippen LogP contribution in [0.1, 0.15) is 23.0 Å². The molecule has 0 bridgehead atoms. The molecule has 1 aromatic carbocycles. The number of halogens is 1. The molecule has 2 N–H and O–H groups in total. The number of hydrogen-bond acceptors (Lipinski definition) is 6. The number of anilines is 1. The van der Waals surface area contributed by atoms with E-state index >= 15 is 0 Å². The topological polar surface area (TPSA) is 134 Å². The second-order valence-electron chi connectivity index (χ2n) is 6.60. The molecule has 2 atom stereocenters. The summed E-state index contributed by atoms with van der Waals surface area (Å²) in [5.41, 5.74) is -0.321. The van der Waals surface area contributed by atoms with Gasteiger partial charge < -0.3 is 19.7 Å². The number of rotatable bonds is 9. The monoisotopic (exact) mass is 448 g/mol. The van der Waals surface area contributed by atoms with E-state index in [0.717, 1.165) is 18.3 Å². The van der Waals surface area contributed by atoms with Gasteiger partial charge in [-0.05, 0) is 25.1 Å². The molecule has 1 amide bonds. The fourth-order valence-corrected chi connectivity index (χ4v) is 3.52. The quantitative estimate of drug-likeness (QED) is 0.446. The molecule has 1 aromatic heterocycles. The molecule has 0 radical (unpaired) electrons. The summed E-state index contributed by atoms with van der Waals surface area (Å²) in [4.78, 5) is 12.5. The average molecular weight is 448 g/mol. The van der Waals surface area contributed by atoms with Crippen LogP contribution in [-0.4, -0.2) is 43.4 Å². The van der Waals surface area contributed by atoms with Gasteiger partial charge in [-0.25, -0.2) is 4.39 Å². The molecule has 9 nitrogen and oxygen atoms in total. The van der Waals surface area contributed by atoms with Crippen molar-refractivity contribution < 1.29 is 27.4 Å². The predicted molar refractivity (Wildman–Crippen MR) is 112 cm³/mol. The zero-order valence-electron chi connectivity index (χ0n) is 16.9. The number of aryl methyl sites for hydroxylation is 1. The van der Waals surface area contributed by atoms with Gasteiger partial charge >= 0.3 is 0 Å². The number of aliphatic hydroxyl groups is 1. The molecule has 0 aliphatic carbocycles. The first-order valence-corrected chi connectivity index (χ1v) is 10.4. The first-order valence-electron chi connectivity index (χ1n) is 8.92. The normalized spacial score (nSPS) is 13.0. The Kier molecular flexibility index (Phi) is 7.32. The largest absolute Gasteiger partial charge is 0.489 e. The van der Waals surface area contributed by atoms with Crippen molar-refractivity contribution >= 4 is 28.3 Å². The third-order valence-electron chi connectivity index (χ3n) is 4.45. The van der Waals surface area contributed by atoms with Gasteiger partial charge in [0.05, 0.1) is 18.3 Å². The molecule has 0 aliphatic heterocycles. The van der Waals surface area contributed by atoms with E-state index in [2.05, 4.69) is 23.0 Å². The number of aliphatic hydroxyl groups excluding tert-OH is 1. The van der Waals surface area contributed by atoms with Gasteiger partial charge in [0, 0.05) is 31.6 Å². The molecule has 1 heterocycles. The fraction of sp³-hybridized carbons (Fsp3) is 0.250. The average Bonchev–Trinajstić information content (AvgIpc) is 3.06. The molecule has 0 spiro atoms. The lowest BCUT2D eigenvalue weighted by molar-refractivity contribution is 0.0999. The number of sulfonamides is 1. The molecular formula is C20H21FN4O5S. The second kappa shape index (κ2) is 9.55. The van der Waals surface area contributed by atoms with Crippen LogP contribution in [0.5, 0.6) is 5.75 Å². The van der Waals surface area contributed by atoms with Gasteiger partial charge in [-0.15, -0.1) is 6.58 Å². The van der Waals surface area contributed by atoms with E-state index in [1.165, 1.54) is 30.7 Å². The van der Waals surface area contributed by atoms with Gasteiger partial charge in [0.1, 0.15) is 16.8 Å². The standard InChI is InChI=1S/C20H21FN4O5S/c1-5-13(12(2)26)11-30-19-17(31(28,29)23-3)10-25(4)18(19)20(27)24-15-6-7-16(21)14(8-15)9-22/h5-8,10,12-13,26H,1,3,11H2,2,4H3,(H,24,27)/t12-,13?/m0/s1. The van der Waals surface area contributed by atoms with Crippen molar-refractivity contribution in [1.82, 2.24) is 4.57 Å². The highest BCUT2D eigenvalue weighted by Crippen LogP contribution is 2.32. The number of hydrogen-bond donors (Lipinski definition) is 2. The SMILES string of the molecule is C=CC(COc1c(S(=O)(=O)N=C)cn(C)c1C(=O)Nc1ccc(F)c(C#N)c1)[C@H](C)O. The van der Waals surface area contributed by atoms with Crippen molar-refractivity contribution in [3.8, 4) is 11.8 Å². The van der Waals surface area contributed by atoms with Crippen molar-refractivity contribution in [2.75, 3.05) is 11.9 Å². The molecule has 1 unspecified atom stereocenters. The molecule has 0 saturated carbocycles. The second-order valence-corrected chi connectivity index (χ2v) is 8.25. The molecule has 164 valence electrons. The highest BCUT2D eigenvalue weighted by Gasteiger charge is 2.30. The Hall–Kier alpha value is -3.49. The molecule has 2 rings (SSSR count). The Morgan fingerprint density at radius 2 is 2.19 bits per heavy atom. The zero-order chi connectivity index (χ0) is 23.3. The van der Waals surface area contributed by atoms with Crippen molar-refractivity contribution in [3.05, 3.63) is 54.1 Å². The summed E-state index contributed by atoms with van der Waals surface area (Å²) in [6, 6.07) is 5.08. The van der Waals surface area contributed by atoms with Crippen LogP contribution in [0.15, 0.2) is 46.3 Å². The lowest BCUT2D eigenvalue weighted by Crippen LogP contribution is -2.23. The molecule has 31 heavy (non-hydrogen) atoms. The van der Waals surface area contributed by atoms with E-state index in [4.69, 9.17) is 10.00 Å². The highest BCUT2D eigenvalue weighted by atomic mass is 32.2. The number of nitrogens with zero attached hydrogens (tertiary/aromatic N) is 3. The van der Waals surface area contributed by atoms with Gasteiger partial charge in [0.2, 0.25) is 0 Å². The van der Waals surface area contributed by atoms with Gasteiger partial charge in [-0.1, -0.05) is 6.08 Å². The molecule has 11 heteroatoms. The maximum absolute atomic E-state index is 13.5. The van der Waals surface area contributed by atoms with Crippen molar-refractivity contribution in [1.29, 1.82) is 5.26 Å². The highest BCUT2D eigenvalue weighted by molar-refractivity contribution is 7.90.